The van der Waals surface area contributed by atoms with E-state index in [9.17, 15) is 0 Å². The fourth-order valence-corrected chi connectivity index (χ4v) is 2.69. The number of hydrogen-bond acceptors (Lipinski definition) is 6. The lowest BCUT2D eigenvalue weighted by molar-refractivity contribution is 0.309. The van der Waals surface area contributed by atoms with E-state index in [1.807, 2.05) is 44.1 Å². The van der Waals surface area contributed by atoms with E-state index in [2.05, 4.69) is 58.4 Å². The van der Waals surface area contributed by atoms with Crippen LogP contribution in [0.4, 0.5) is 17.6 Å². The quantitative estimate of drug-likeness (QED) is 0.434. The maximum Gasteiger partial charge on any atom is 0.226 e. The minimum Gasteiger partial charge on any atom is -0.497 e. The zero-order valence-electron chi connectivity index (χ0n) is 18.2. The van der Waals surface area contributed by atoms with E-state index in [0.717, 1.165) is 36.7 Å². The molecule has 1 heterocycles. The molecular formula is C23H33N5O. The van der Waals surface area contributed by atoms with E-state index in [1.165, 1.54) is 5.57 Å². The lowest BCUT2D eigenvalue weighted by Gasteiger charge is -2.17. The highest BCUT2D eigenvalue weighted by Gasteiger charge is 2.09. The molecule has 2 rings (SSSR count). The van der Waals surface area contributed by atoms with Crippen LogP contribution in [0.2, 0.25) is 0 Å². The number of nitrogens with zero attached hydrogens (tertiary/aromatic N) is 3. The van der Waals surface area contributed by atoms with Crippen molar-refractivity contribution in [3.05, 3.63) is 66.1 Å². The number of hydrogen-bond donors (Lipinski definition) is 2. The van der Waals surface area contributed by atoms with Gasteiger partial charge in [-0.05, 0) is 37.8 Å². The first-order valence-electron chi connectivity index (χ1n) is 9.93. The van der Waals surface area contributed by atoms with Gasteiger partial charge in [-0.25, -0.2) is 0 Å². The second kappa shape index (κ2) is 11.1. The molecule has 156 valence electrons. The first kappa shape index (κ1) is 22.3. The van der Waals surface area contributed by atoms with Crippen LogP contribution < -0.4 is 15.5 Å². The molecule has 6 nitrogen and oxygen atoms in total. The van der Waals surface area contributed by atoms with Crippen LogP contribution in [-0.2, 0) is 4.74 Å². The molecule has 1 atom stereocenters. The summed E-state index contributed by atoms with van der Waals surface area (Å²) in [6.07, 6.45) is 14.4. The van der Waals surface area contributed by atoms with Gasteiger partial charge in [0.15, 0.2) is 0 Å². The minimum absolute atomic E-state index is 0.580. The lowest BCUT2D eigenvalue weighted by Crippen LogP contribution is -2.15. The summed E-state index contributed by atoms with van der Waals surface area (Å²) in [5, 5.41) is 6.73. The molecule has 0 saturated heterocycles. The highest BCUT2D eigenvalue weighted by atomic mass is 16.5. The lowest BCUT2D eigenvalue weighted by atomic mass is 10.0. The van der Waals surface area contributed by atoms with Crippen molar-refractivity contribution in [3.8, 4) is 0 Å². The second-order valence-corrected chi connectivity index (χ2v) is 7.23. The summed E-state index contributed by atoms with van der Waals surface area (Å²) in [6.45, 7) is 8.75. The van der Waals surface area contributed by atoms with Gasteiger partial charge in [0.2, 0.25) is 5.95 Å². The smallest absolute Gasteiger partial charge is 0.226 e. The highest BCUT2D eigenvalue weighted by molar-refractivity contribution is 5.56. The van der Waals surface area contributed by atoms with Gasteiger partial charge < -0.3 is 20.3 Å². The van der Waals surface area contributed by atoms with Crippen LogP contribution in [0.25, 0.3) is 0 Å². The fraction of sp³-hybridized carbons (Fsp3) is 0.391. The van der Waals surface area contributed by atoms with Gasteiger partial charge in [0.25, 0.3) is 0 Å². The Hall–Kier alpha value is -3.02. The van der Waals surface area contributed by atoms with Crippen molar-refractivity contribution in [1.29, 1.82) is 0 Å². The maximum absolute atomic E-state index is 5.07. The van der Waals surface area contributed by atoms with Gasteiger partial charge in [0.05, 0.1) is 7.11 Å². The summed E-state index contributed by atoms with van der Waals surface area (Å²) in [5.41, 5.74) is 2.25. The van der Waals surface area contributed by atoms with Crippen molar-refractivity contribution in [3.63, 3.8) is 0 Å². The molecule has 0 bridgehead atoms. The predicted molar refractivity (Wildman–Crippen MR) is 123 cm³/mol. The van der Waals surface area contributed by atoms with Crippen molar-refractivity contribution in [2.45, 2.75) is 26.7 Å². The number of aromatic nitrogens is 2. The number of anilines is 3. The van der Waals surface area contributed by atoms with Crippen LogP contribution in [0.5, 0.6) is 0 Å². The van der Waals surface area contributed by atoms with E-state index in [-0.39, 0.29) is 0 Å². The Morgan fingerprint density at radius 2 is 2.14 bits per heavy atom. The molecule has 0 radical (unpaired) electrons. The average molecular weight is 396 g/mol. The summed E-state index contributed by atoms with van der Waals surface area (Å²) < 4.78 is 5.07. The molecule has 6 heteroatoms. The van der Waals surface area contributed by atoms with Crippen LogP contribution in [0.1, 0.15) is 26.7 Å². The van der Waals surface area contributed by atoms with E-state index >= 15 is 0 Å². The molecule has 0 aliphatic heterocycles. The maximum atomic E-state index is 5.07. The zero-order valence-corrected chi connectivity index (χ0v) is 18.2. The van der Waals surface area contributed by atoms with Crippen LogP contribution in [-0.4, -0.2) is 37.7 Å². The molecule has 29 heavy (non-hydrogen) atoms. The van der Waals surface area contributed by atoms with Gasteiger partial charge in [0, 0.05) is 32.4 Å². The first-order valence-corrected chi connectivity index (χ1v) is 9.93. The third kappa shape index (κ3) is 7.49. The van der Waals surface area contributed by atoms with Gasteiger partial charge >= 0.3 is 0 Å². The molecule has 1 unspecified atom stereocenters. The SMILES string of the molecule is C=C(/C=C\C(=C/C)CCNc1nc(NC2=CCC(C)C=C2)cc(N(C)C)n1)OC. The van der Waals surface area contributed by atoms with Crippen LogP contribution in [0.15, 0.2) is 66.1 Å². The summed E-state index contributed by atoms with van der Waals surface area (Å²) in [7, 11) is 5.56. The molecule has 1 aliphatic carbocycles. The second-order valence-electron chi connectivity index (χ2n) is 7.23. The van der Waals surface area contributed by atoms with E-state index in [0.29, 0.717) is 17.6 Å². The van der Waals surface area contributed by atoms with Gasteiger partial charge in [-0.15, -0.1) is 0 Å². The molecule has 0 fully saturated rings. The molecule has 0 saturated carbocycles. The van der Waals surface area contributed by atoms with Crippen molar-refractivity contribution in [1.82, 2.24) is 9.97 Å². The Bertz CT molecular complexity index is 821. The van der Waals surface area contributed by atoms with Gasteiger partial charge in [-0.1, -0.05) is 43.4 Å². The topological polar surface area (TPSA) is 62.3 Å². The summed E-state index contributed by atoms with van der Waals surface area (Å²) in [6, 6.07) is 1.95. The zero-order chi connectivity index (χ0) is 21.2. The van der Waals surface area contributed by atoms with Crippen molar-refractivity contribution >= 4 is 17.6 Å². The number of methoxy groups -OCH3 is 1. The first-order chi connectivity index (χ1) is 13.9. The van der Waals surface area contributed by atoms with Gasteiger partial charge in [0.1, 0.15) is 17.4 Å². The van der Waals surface area contributed by atoms with E-state index in [1.54, 1.807) is 7.11 Å². The molecule has 0 aromatic carbocycles. The third-order valence-electron chi connectivity index (χ3n) is 4.57. The van der Waals surface area contributed by atoms with Crippen LogP contribution >= 0.6 is 0 Å². The molecule has 0 spiro atoms. The summed E-state index contributed by atoms with van der Waals surface area (Å²) in [4.78, 5) is 11.2. The standard InChI is InChI=1S/C23H33N5O/c1-7-19(11-10-18(3)29-6)14-15-24-23-26-21(16-22(27-23)28(4)5)25-20-12-8-17(2)9-13-20/h7-8,10-13,16-17H,3,9,14-15H2,1-2,4-6H3,(H2,24,25,26,27)/b11-10-,19-7+. The Morgan fingerprint density at radius 1 is 1.34 bits per heavy atom. The third-order valence-corrected chi connectivity index (χ3v) is 4.57. The normalized spacial score (nSPS) is 16.5. The number of ether oxygens (including phenoxy) is 1. The van der Waals surface area contributed by atoms with E-state index < -0.39 is 0 Å². The van der Waals surface area contributed by atoms with Crippen molar-refractivity contribution in [2.24, 2.45) is 5.92 Å². The Morgan fingerprint density at radius 3 is 2.76 bits per heavy atom. The number of allylic oxidation sites excluding steroid dienone is 6. The summed E-state index contributed by atoms with van der Waals surface area (Å²) in [5.74, 6) is 3.45. The van der Waals surface area contributed by atoms with Crippen LogP contribution in [0, 0.1) is 5.92 Å². The Balaban J connectivity index is 2.04. The largest absolute Gasteiger partial charge is 0.497 e. The highest BCUT2D eigenvalue weighted by Crippen LogP contribution is 2.21. The van der Waals surface area contributed by atoms with Gasteiger partial charge in [-0.2, -0.15) is 9.97 Å². The van der Waals surface area contributed by atoms with Crippen molar-refractivity contribution < 1.29 is 4.74 Å². The predicted octanol–water partition coefficient (Wildman–Crippen LogP) is 4.90. The minimum atomic E-state index is 0.580. The van der Waals surface area contributed by atoms with E-state index in [4.69, 9.17) is 4.74 Å². The summed E-state index contributed by atoms with van der Waals surface area (Å²) >= 11 is 0. The molecular weight excluding hydrogens is 362 g/mol. The molecule has 1 aromatic heterocycles. The number of rotatable bonds is 10. The monoisotopic (exact) mass is 395 g/mol. The Labute approximate surface area is 174 Å². The van der Waals surface area contributed by atoms with Crippen LogP contribution in [0.3, 0.4) is 0 Å². The molecule has 1 aromatic rings. The fourth-order valence-electron chi connectivity index (χ4n) is 2.69. The Kier molecular flexibility index (Phi) is 8.52. The van der Waals surface area contributed by atoms with Crippen molar-refractivity contribution in [2.75, 3.05) is 43.3 Å². The van der Waals surface area contributed by atoms with Gasteiger partial charge in [-0.3, -0.25) is 0 Å². The number of nitrogens with one attached hydrogen (secondary N) is 2. The average Bonchev–Trinajstić information content (AvgIpc) is 2.71. The molecule has 2 N–H and O–H groups in total. The molecule has 1 aliphatic rings. The molecule has 0 amide bonds.